The van der Waals surface area contributed by atoms with E-state index in [-0.39, 0.29) is 30.0 Å². The molecule has 8 heteroatoms. The lowest BCUT2D eigenvalue weighted by Gasteiger charge is -2.25. The number of likely N-dealkylation sites (tertiary alicyclic amines) is 2. The van der Waals surface area contributed by atoms with Crippen LogP contribution in [0.15, 0.2) is 35.3 Å². The summed E-state index contributed by atoms with van der Waals surface area (Å²) < 4.78 is 37.6. The lowest BCUT2D eigenvalue weighted by atomic mass is 9.99. The number of halogens is 4. The molecule has 0 aromatic heterocycles. The van der Waals surface area contributed by atoms with Gasteiger partial charge in [-0.05, 0) is 18.4 Å². The minimum Gasteiger partial charge on any atom is -0.352 e. The molecule has 2 saturated heterocycles. The average molecular weight is 482 g/mol. The third kappa shape index (κ3) is 5.73. The molecule has 2 heterocycles. The number of hydrogen-bond acceptors (Lipinski definition) is 2. The zero-order valence-corrected chi connectivity index (χ0v) is 17.2. The molecule has 2 fully saturated rings. The first-order chi connectivity index (χ1) is 11.9. The van der Waals surface area contributed by atoms with Crippen molar-refractivity contribution < 1.29 is 13.2 Å². The summed E-state index contributed by atoms with van der Waals surface area (Å²) in [6.07, 6.45) is -2.35. The molecule has 3 rings (SSSR count). The monoisotopic (exact) mass is 482 g/mol. The molecule has 0 amide bonds. The number of nitrogens with zero attached hydrogens (tertiary/aromatic N) is 3. The van der Waals surface area contributed by atoms with Gasteiger partial charge >= 0.3 is 6.18 Å². The van der Waals surface area contributed by atoms with Crippen LogP contribution in [0.4, 0.5) is 13.2 Å². The maximum atomic E-state index is 12.5. The number of benzene rings is 1. The van der Waals surface area contributed by atoms with Crippen LogP contribution in [-0.2, 0) is 0 Å². The summed E-state index contributed by atoms with van der Waals surface area (Å²) in [7, 11) is 1.74. The Labute approximate surface area is 169 Å². The van der Waals surface area contributed by atoms with Crippen LogP contribution in [0.25, 0.3) is 0 Å². The van der Waals surface area contributed by atoms with Crippen LogP contribution in [-0.4, -0.2) is 67.7 Å². The maximum absolute atomic E-state index is 12.5. The van der Waals surface area contributed by atoms with E-state index in [9.17, 15) is 13.2 Å². The summed E-state index contributed by atoms with van der Waals surface area (Å²) in [5, 5.41) is 3.36. The third-order valence-electron chi connectivity index (χ3n) is 4.98. The highest BCUT2D eigenvalue weighted by atomic mass is 127. The van der Waals surface area contributed by atoms with Gasteiger partial charge in [0.2, 0.25) is 0 Å². The largest absolute Gasteiger partial charge is 0.401 e. The Kier molecular flexibility index (Phi) is 7.57. The number of rotatable bonds is 3. The lowest BCUT2D eigenvalue weighted by molar-refractivity contribution is -0.143. The normalized spacial score (nSPS) is 24.6. The molecular formula is C18H26F3IN4. The minimum atomic E-state index is -4.13. The topological polar surface area (TPSA) is 30.9 Å². The van der Waals surface area contributed by atoms with Crippen LogP contribution in [0.3, 0.4) is 0 Å². The zero-order valence-electron chi connectivity index (χ0n) is 14.9. The lowest BCUT2D eigenvalue weighted by Crippen LogP contribution is -2.46. The number of alkyl halides is 3. The standard InChI is InChI=1S/C18H25F3N4.HI/c1-22-17(23-16-8-9-24(12-16)13-18(19,20)21)25-10-7-15(11-25)14-5-3-2-4-6-14;/h2-6,15-16H,7-13H2,1H3,(H,22,23);1H. The first-order valence-electron chi connectivity index (χ1n) is 8.77. The zero-order chi connectivity index (χ0) is 17.9. The summed E-state index contributed by atoms with van der Waals surface area (Å²) in [5.74, 6) is 1.28. The van der Waals surface area contributed by atoms with Gasteiger partial charge < -0.3 is 10.2 Å². The van der Waals surface area contributed by atoms with Gasteiger partial charge in [0.25, 0.3) is 0 Å². The minimum absolute atomic E-state index is 0. The fourth-order valence-corrected chi connectivity index (χ4v) is 3.78. The summed E-state index contributed by atoms with van der Waals surface area (Å²) in [5.41, 5.74) is 1.33. The molecule has 0 saturated carbocycles. The van der Waals surface area contributed by atoms with Crippen LogP contribution in [0.5, 0.6) is 0 Å². The van der Waals surface area contributed by atoms with Crippen LogP contribution in [0.1, 0.15) is 24.3 Å². The van der Waals surface area contributed by atoms with E-state index in [4.69, 9.17) is 0 Å². The van der Waals surface area contributed by atoms with E-state index >= 15 is 0 Å². The number of hydrogen-bond donors (Lipinski definition) is 1. The summed E-state index contributed by atoms with van der Waals surface area (Å²) >= 11 is 0. The van der Waals surface area contributed by atoms with Crippen molar-refractivity contribution in [3.05, 3.63) is 35.9 Å². The Morgan fingerprint density at radius 1 is 1.15 bits per heavy atom. The fourth-order valence-electron chi connectivity index (χ4n) is 3.78. The molecule has 0 spiro atoms. The van der Waals surface area contributed by atoms with Crippen molar-refractivity contribution in [1.29, 1.82) is 0 Å². The molecule has 1 aromatic rings. The van der Waals surface area contributed by atoms with E-state index in [0.717, 1.165) is 25.5 Å². The molecule has 2 aliphatic heterocycles. The maximum Gasteiger partial charge on any atom is 0.401 e. The van der Waals surface area contributed by atoms with Crippen molar-refractivity contribution in [2.24, 2.45) is 4.99 Å². The van der Waals surface area contributed by atoms with Crippen molar-refractivity contribution in [1.82, 2.24) is 15.1 Å². The molecule has 1 aromatic carbocycles. The molecule has 26 heavy (non-hydrogen) atoms. The van der Waals surface area contributed by atoms with Crippen LogP contribution >= 0.6 is 24.0 Å². The highest BCUT2D eigenvalue weighted by molar-refractivity contribution is 14.0. The van der Waals surface area contributed by atoms with Crippen LogP contribution in [0.2, 0.25) is 0 Å². The second-order valence-corrected chi connectivity index (χ2v) is 6.87. The van der Waals surface area contributed by atoms with Gasteiger partial charge in [-0.2, -0.15) is 13.2 Å². The van der Waals surface area contributed by atoms with Gasteiger partial charge in [-0.25, -0.2) is 0 Å². The van der Waals surface area contributed by atoms with Crippen LogP contribution < -0.4 is 5.32 Å². The molecule has 4 nitrogen and oxygen atoms in total. The van der Waals surface area contributed by atoms with E-state index in [1.807, 2.05) is 6.07 Å². The summed E-state index contributed by atoms with van der Waals surface area (Å²) in [6.45, 7) is 1.86. The van der Waals surface area contributed by atoms with E-state index in [2.05, 4.69) is 39.5 Å². The van der Waals surface area contributed by atoms with Gasteiger partial charge in [0.1, 0.15) is 0 Å². The Morgan fingerprint density at radius 3 is 2.54 bits per heavy atom. The van der Waals surface area contributed by atoms with Crippen molar-refractivity contribution in [2.75, 3.05) is 39.8 Å². The molecule has 1 N–H and O–H groups in total. The van der Waals surface area contributed by atoms with Gasteiger partial charge in [0.05, 0.1) is 6.54 Å². The van der Waals surface area contributed by atoms with Crippen LogP contribution in [0, 0.1) is 0 Å². The predicted molar refractivity (Wildman–Crippen MR) is 108 cm³/mol. The Bertz CT molecular complexity index is 594. The van der Waals surface area contributed by atoms with Gasteiger partial charge in [-0.1, -0.05) is 30.3 Å². The second-order valence-electron chi connectivity index (χ2n) is 6.87. The number of nitrogens with one attached hydrogen (secondary N) is 1. The molecule has 2 aliphatic rings. The molecule has 0 bridgehead atoms. The van der Waals surface area contributed by atoms with E-state index < -0.39 is 12.7 Å². The fraction of sp³-hybridized carbons (Fsp3) is 0.611. The van der Waals surface area contributed by atoms with Crippen molar-refractivity contribution in [3.8, 4) is 0 Å². The van der Waals surface area contributed by atoms with E-state index in [1.54, 1.807) is 7.05 Å². The molecular weight excluding hydrogens is 456 g/mol. The molecule has 146 valence electrons. The number of aliphatic imine (C=N–C) groups is 1. The Morgan fingerprint density at radius 2 is 1.88 bits per heavy atom. The highest BCUT2D eigenvalue weighted by Crippen LogP contribution is 2.27. The molecule has 0 radical (unpaired) electrons. The SMILES string of the molecule is CN=C(NC1CCN(CC(F)(F)F)C1)N1CCC(c2ccccc2)C1.I. The smallest absolute Gasteiger partial charge is 0.352 e. The Balaban J connectivity index is 0.00000243. The second kappa shape index (κ2) is 9.25. The van der Waals surface area contributed by atoms with Gasteiger partial charge in [-0.3, -0.25) is 9.89 Å². The Hall–Kier alpha value is -1.03. The summed E-state index contributed by atoms with van der Waals surface area (Å²) in [4.78, 5) is 8.02. The van der Waals surface area contributed by atoms with Gasteiger partial charge in [0, 0.05) is 45.2 Å². The van der Waals surface area contributed by atoms with E-state index in [1.165, 1.54) is 10.5 Å². The predicted octanol–water partition coefficient (Wildman–Crippen LogP) is 3.31. The van der Waals surface area contributed by atoms with Crippen molar-refractivity contribution in [3.63, 3.8) is 0 Å². The van der Waals surface area contributed by atoms with Gasteiger partial charge in [-0.15, -0.1) is 24.0 Å². The van der Waals surface area contributed by atoms with Crippen molar-refractivity contribution in [2.45, 2.75) is 31.0 Å². The molecule has 2 unspecified atom stereocenters. The quantitative estimate of drug-likeness (QED) is 0.408. The number of guanidine groups is 1. The van der Waals surface area contributed by atoms with E-state index in [0.29, 0.717) is 25.4 Å². The third-order valence-corrected chi connectivity index (χ3v) is 4.98. The first-order valence-corrected chi connectivity index (χ1v) is 8.77. The molecule has 2 atom stereocenters. The highest BCUT2D eigenvalue weighted by Gasteiger charge is 2.35. The summed E-state index contributed by atoms with van der Waals surface area (Å²) in [6, 6.07) is 10.4. The first kappa shape index (κ1) is 21.3. The van der Waals surface area contributed by atoms with Gasteiger partial charge in [0.15, 0.2) is 5.96 Å². The van der Waals surface area contributed by atoms with Crippen molar-refractivity contribution >= 4 is 29.9 Å². The average Bonchev–Trinajstić information content (AvgIpc) is 3.21. The molecule has 0 aliphatic carbocycles.